The summed E-state index contributed by atoms with van der Waals surface area (Å²) in [6.07, 6.45) is 1.36. The fraction of sp³-hybridized carbons (Fsp3) is 0.286. The minimum atomic E-state index is -0.317. The Labute approximate surface area is 167 Å². The summed E-state index contributed by atoms with van der Waals surface area (Å²) in [5, 5.41) is 3.48. The number of likely N-dealkylation sites (tertiary alicyclic amines) is 1. The van der Waals surface area contributed by atoms with Crippen LogP contribution in [0.4, 0.5) is 4.79 Å². The zero-order valence-electron chi connectivity index (χ0n) is 15.3. The Balaban J connectivity index is 1.24. The molecule has 3 aromatic rings. The van der Waals surface area contributed by atoms with E-state index >= 15 is 0 Å². The number of nitrogens with one attached hydrogen (secondary N) is 1. The smallest absolute Gasteiger partial charge is 0.410 e. The largest absolute Gasteiger partial charge is 0.415 e. The zero-order valence-corrected chi connectivity index (χ0v) is 16.2. The van der Waals surface area contributed by atoms with Crippen molar-refractivity contribution in [1.29, 1.82) is 0 Å². The van der Waals surface area contributed by atoms with Crippen molar-refractivity contribution in [2.75, 3.05) is 19.6 Å². The molecule has 1 aliphatic heterocycles. The van der Waals surface area contributed by atoms with Crippen LogP contribution >= 0.6 is 11.3 Å². The molecule has 0 bridgehead atoms. The van der Waals surface area contributed by atoms with E-state index in [0.717, 1.165) is 23.1 Å². The number of thiazole rings is 1. The maximum atomic E-state index is 12.4. The summed E-state index contributed by atoms with van der Waals surface area (Å²) in [5.74, 6) is 0.768. The van der Waals surface area contributed by atoms with Gasteiger partial charge in [0.2, 0.25) is 0 Å². The number of rotatable bonds is 4. The predicted octanol–water partition coefficient (Wildman–Crippen LogP) is 3.94. The lowest BCUT2D eigenvalue weighted by Gasteiger charge is -2.31. The molecular weight excluding hydrogens is 374 g/mol. The molecular formula is C21H21N3O3S. The van der Waals surface area contributed by atoms with Crippen molar-refractivity contribution in [3.63, 3.8) is 0 Å². The number of carbonyl (C=O) groups is 2. The van der Waals surface area contributed by atoms with Gasteiger partial charge in [0, 0.05) is 19.6 Å². The van der Waals surface area contributed by atoms with Crippen LogP contribution in [0.3, 0.4) is 0 Å². The van der Waals surface area contributed by atoms with Gasteiger partial charge in [0.1, 0.15) is 5.75 Å². The lowest BCUT2D eigenvalue weighted by atomic mass is 9.97. The first-order chi connectivity index (χ1) is 13.7. The number of hydrogen-bond donors (Lipinski definition) is 1. The van der Waals surface area contributed by atoms with Gasteiger partial charge in [-0.05, 0) is 43.0 Å². The van der Waals surface area contributed by atoms with E-state index in [1.165, 1.54) is 11.3 Å². The Morgan fingerprint density at radius 1 is 1.07 bits per heavy atom. The van der Waals surface area contributed by atoms with Crippen molar-refractivity contribution >= 4 is 33.6 Å². The van der Waals surface area contributed by atoms with Gasteiger partial charge in [0.05, 0.1) is 10.2 Å². The first-order valence-corrected chi connectivity index (χ1v) is 10.2. The Bertz CT molecular complexity index is 932. The van der Waals surface area contributed by atoms with Gasteiger partial charge in [-0.25, -0.2) is 9.78 Å². The molecule has 0 radical (unpaired) electrons. The van der Waals surface area contributed by atoms with Crippen molar-refractivity contribution in [1.82, 2.24) is 15.2 Å². The van der Waals surface area contributed by atoms with E-state index in [2.05, 4.69) is 10.3 Å². The Kier molecular flexibility index (Phi) is 5.53. The van der Waals surface area contributed by atoms with Crippen molar-refractivity contribution in [3.05, 3.63) is 59.6 Å². The summed E-state index contributed by atoms with van der Waals surface area (Å²) in [6, 6.07) is 16.8. The summed E-state index contributed by atoms with van der Waals surface area (Å²) in [7, 11) is 0. The fourth-order valence-electron chi connectivity index (χ4n) is 3.26. The topological polar surface area (TPSA) is 71.5 Å². The van der Waals surface area contributed by atoms with Gasteiger partial charge in [-0.1, -0.05) is 30.3 Å². The third-order valence-corrected chi connectivity index (χ3v) is 5.90. The molecule has 144 valence electrons. The van der Waals surface area contributed by atoms with Crippen LogP contribution in [0.1, 0.15) is 22.6 Å². The van der Waals surface area contributed by atoms with Crippen LogP contribution in [-0.4, -0.2) is 41.5 Å². The number of ether oxygens (including phenoxy) is 1. The van der Waals surface area contributed by atoms with Crippen molar-refractivity contribution in [3.8, 4) is 5.75 Å². The summed E-state index contributed by atoms with van der Waals surface area (Å²) in [6.45, 7) is 1.86. The van der Waals surface area contributed by atoms with Gasteiger partial charge in [0.15, 0.2) is 5.01 Å². The molecule has 1 aliphatic rings. The van der Waals surface area contributed by atoms with Gasteiger partial charge in [0.25, 0.3) is 5.91 Å². The molecule has 7 heteroatoms. The molecule has 0 saturated carbocycles. The second-order valence-corrected chi connectivity index (χ2v) is 7.84. The van der Waals surface area contributed by atoms with Crippen LogP contribution in [0.2, 0.25) is 0 Å². The van der Waals surface area contributed by atoms with Gasteiger partial charge in [-0.15, -0.1) is 11.3 Å². The normalized spacial score (nSPS) is 14.8. The third kappa shape index (κ3) is 4.31. The minimum absolute atomic E-state index is 0.132. The van der Waals surface area contributed by atoms with E-state index in [1.54, 1.807) is 17.0 Å². The van der Waals surface area contributed by atoms with Gasteiger partial charge < -0.3 is 15.0 Å². The molecule has 2 aromatic carbocycles. The van der Waals surface area contributed by atoms with E-state index in [9.17, 15) is 9.59 Å². The van der Waals surface area contributed by atoms with Crippen molar-refractivity contribution in [2.24, 2.45) is 5.92 Å². The van der Waals surface area contributed by atoms with Crippen LogP contribution in [-0.2, 0) is 0 Å². The number of amides is 2. The van der Waals surface area contributed by atoms with Crippen LogP contribution < -0.4 is 10.1 Å². The minimum Gasteiger partial charge on any atom is -0.410 e. The van der Waals surface area contributed by atoms with Crippen LogP contribution in [0.15, 0.2) is 54.6 Å². The molecule has 0 atom stereocenters. The molecule has 0 unspecified atom stereocenters. The molecule has 28 heavy (non-hydrogen) atoms. The lowest BCUT2D eigenvalue weighted by molar-refractivity contribution is 0.0931. The molecule has 1 aromatic heterocycles. The van der Waals surface area contributed by atoms with Crippen molar-refractivity contribution < 1.29 is 14.3 Å². The first kappa shape index (κ1) is 18.4. The quantitative estimate of drug-likeness (QED) is 0.726. The van der Waals surface area contributed by atoms with Gasteiger partial charge >= 0.3 is 6.09 Å². The summed E-state index contributed by atoms with van der Waals surface area (Å²) >= 11 is 1.40. The van der Waals surface area contributed by atoms with E-state index in [-0.39, 0.29) is 12.0 Å². The van der Waals surface area contributed by atoms with E-state index in [4.69, 9.17) is 4.74 Å². The Morgan fingerprint density at radius 3 is 2.54 bits per heavy atom. The van der Waals surface area contributed by atoms with E-state index in [0.29, 0.717) is 36.3 Å². The SMILES string of the molecule is O=C(NCC1CCN(C(=O)Oc2ccccc2)CC1)c1nc2ccccc2s1. The molecule has 6 nitrogen and oxygen atoms in total. The number of nitrogens with zero attached hydrogens (tertiary/aromatic N) is 2. The summed E-state index contributed by atoms with van der Waals surface area (Å²) in [5.41, 5.74) is 0.850. The number of piperidine rings is 1. The number of fused-ring (bicyclic) bond motifs is 1. The highest BCUT2D eigenvalue weighted by molar-refractivity contribution is 7.20. The second-order valence-electron chi connectivity index (χ2n) is 6.81. The Hall–Kier alpha value is -2.93. The van der Waals surface area contributed by atoms with Gasteiger partial charge in [-0.2, -0.15) is 0 Å². The maximum Gasteiger partial charge on any atom is 0.415 e. The van der Waals surface area contributed by atoms with Crippen LogP contribution in [0.5, 0.6) is 5.75 Å². The van der Waals surface area contributed by atoms with Crippen LogP contribution in [0.25, 0.3) is 10.2 Å². The number of benzene rings is 2. The standard InChI is InChI=1S/C21H21N3O3S/c25-19(20-23-17-8-4-5-9-18(17)28-20)22-14-15-10-12-24(13-11-15)21(26)27-16-6-2-1-3-7-16/h1-9,15H,10-14H2,(H,22,25). The predicted molar refractivity (Wildman–Crippen MR) is 109 cm³/mol. The highest BCUT2D eigenvalue weighted by Crippen LogP contribution is 2.22. The number of carbonyl (C=O) groups excluding carboxylic acids is 2. The lowest BCUT2D eigenvalue weighted by Crippen LogP contribution is -2.42. The second kappa shape index (κ2) is 8.39. The zero-order chi connectivity index (χ0) is 19.3. The van der Waals surface area contributed by atoms with Crippen molar-refractivity contribution in [2.45, 2.75) is 12.8 Å². The van der Waals surface area contributed by atoms with Gasteiger partial charge in [-0.3, -0.25) is 4.79 Å². The molecule has 2 amide bonds. The maximum absolute atomic E-state index is 12.4. The number of hydrogen-bond acceptors (Lipinski definition) is 5. The molecule has 1 N–H and O–H groups in total. The monoisotopic (exact) mass is 395 g/mol. The molecule has 4 rings (SSSR count). The number of aromatic nitrogens is 1. The first-order valence-electron chi connectivity index (χ1n) is 9.34. The molecule has 2 heterocycles. The average Bonchev–Trinajstić information content (AvgIpc) is 3.17. The van der Waals surface area contributed by atoms with Crippen LogP contribution in [0, 0.1) is 5.92 Å². The Morgan fingerprint density at radius 2 is 1.79 bits per heavy atom. The molecule has 0 aliphatic carbocycles. The highest BCUT2D eigenvalue weighted by Gasteiger charge is 2.25. The van der Waals surface area contributed by atoms with E-state index in [1.807, 2.05) is 42.5 Å². The highest BCUT2D eigenvalue weighted by atomic mass is 32.1. The molecule has 1 fully saturated rings. The summed E-state index contributed by atoms with van der Waals surface area (Å²) < 4.78 is 6.40. The molecule has 0 spiro atoms. The molecule has 1 saturated heterocycles. The van der Waals surface area contributed by atoms with E-state index < -0.39 is 0 Å². The number of para-hydroxylation sites is 2. The summed E-state index contributed by atoms with van der Waals surface area (Å²) in [4.78, 5) is 30.7. The fourth-order valence-corrected chi connectivity index (χ4v) is 4.14. The average molecular weight is 395 g/mol. The third-order valence-electron chi connectivity index (χ3n) is 4.86.